The summed E-state index contributed by atoms with van der Waals surface area (Å²) in [6, 6.07) is 22.1. The van der Waals surface area contributed by atoms with Gasteiger partial charge in [0.15, 0.2) is 17.3 Å². The summed E-state index contributed by atoms with van der Waals surface area (Å²) in [5.41, 5.74) is 5.66. The quantitative estimate of drug-likeness (QED) is 0.259. The second-order valence-corrected chi connectivity index (χ2v) is 12.7. The summed E-state index contributed by atoms with van der Waals surface area (Å²) >= 11 is 0. The number of hydrogen-bond donors (Lipinski definition) is 2. The largest absolute Gasteiger partial charge is 0.287 e. The molecular formula is C37H24N16O3. The molecule has 4 aromatic carbocycles. The van der Waals surface area contributed by atoms with Crippen LogP contribution in [0.3, 0.4) is 0 Å². The minimum Gasteiger partial charge on any atom is -0.287 e. The number of aryl methyl sites for hydroxylation is 2. The third kappa shape index (κ3) is 4.73. The fraction of sp³-hybridized carbons (Fsp3) is 0.108. The summed E-state index contributed by atoms with van der Waals surface area (Å²) in [5.74, 6) is 2.28. The molecule has 56 heavy (non-hydrogen) atoms. The lowest BCUT2D eigenvalue weighted by molar-refractivity contribution is 0.103. The Hall–Kier alpha value is -8.09. The van der Waals surface area contributed by atoms with Crippen molar-refractivity contribution in [1.82, 2.24) is 74.4 Å². The molecule has 0 unspecified atom stereocenters. The van der Waals surface area contributed by atoms with E-state index in [1.165, 1.54) is 4.52 Å². The van der Waals surface area contributed by atoms with Crippen LogP contribution in [0.2, 0.25) is 0 Å². The Morgan fingerprint density at radius 2 is 1.07 bits per heavy atom. The molecule has 19 heteroatoms. The minimum absolute atomic E-state index is 0.0443. The molecule has 0 saturated carbocycles. The zero-order chi connectivity index (χ0) is 38.2. The van der Waals surface area contributed by atoms with Crippen molar-refractivity contribution in [2.75, 3.05) is 0 Å². The first-order chi connectivity index (χ1) is 27.3. The van der Waals surface area contributed by atoms with Gasteiger partial charge < -0.3 is 0 Å². The van der Waals surface area contributed by atoms with Gasteiger partial charge in [0.2, 0.25) is 17.0 Å². The molecule has 0 saturated heterocycles. The maximum Gasteiger partial charge on any atom is 0.272 e. The van der Waals surface area contributed by atoms with Crippen LogP contribution in [0, 0.1) is 5.41 Å². The van der Waals surface area contributed by atoms with E-state index in [4.69, 9.17) is 5.41 Å². The highest BCUT2D eigenvalue weighted by Crippen LogP contribution is 2.34. The van der Waals surface area contributed by atoms with Crippen LogP contribution in [0.25, 0.3) is 61.7 Å². The van der Waals surface area contributed by atoms with Gasteiger partial charge in [-0.1, -0.05) is 86.6 Å². The average molecular weight is 741 g/mol. The van der Waals surface area contributed by atoms with Crippen molar-refractivity contribution >= 4 is 50.7 Å². The molecule has 6 heterocycles. The maximum absolute atomic E-state index is 12.3. The number of carbonyl (C=O) groups excluding carboxylic acids is 2. The van der Waals surface area contributed by atoms with Gasteiger partial charge in [-0.2, -0.15) is 23.7 Å². The molecular weight excluding hydrogens is 717 g/mol. The fourth-order valence-corrected chi connectivity index (χ4v) is 6.85. The molecule has 10 aromatic rings. The third-order valence-electron chi connectivity index (χ3n) is 9.54. The molecule has 19 nitrogen and oxygen atoms in total. The molecule has 0 bridgehead atoms. The SMILES string of the molecule is CCc1nnc2nc3c(nn12)-c1ccccc1C3=O.CCc1nnc2nc3c(nn12)C(=O)c1ccccc1-3.N=c1nnc2nc3c(=O)c4ccccc4c3[nH]n12. The van der Waals surface area contributed by atoms with Crippen LogP contribution in [-0.4, -0.2) is 86.0 Å². The van der Waals surface area contributed by atoms with E-state index in [0.29, 0.717) is 80.5 Å². The summed E-state index contributed by atoms with van der Waals surface area (Å²) in [7, 11) is 0. The first-order valence-electron chi connectivity index (χ1n) is 17.4. The van der Waals surface area contributed by atoms with Crippen LogP contribution in [0.1, 0.15) is 57.6 Å². The third-order valence-corrected chi connectivity index (χ3v) is 9.54. The minimum atomic E-state index is -0.131. The molecule has 12 rings (SSSR count). The van der Waals surface area contributed by atoms with E-state index in [0.717, 1.165) is 22.3 Å². The molecule has 2 aliphatic rings. The number of nitrogens with zero attached hydrogens (tertiary/aromatic N) is 14. The molecule has 270 valence electrons. The van der Waals surface area contributed by atoms with Gasteiger partial charge in [0.05, 0.1) is 5.52 Å². The summed E-state index contributed by atoms with van der Waals surface area (Å²) in [6.45, 7) is 3.94. The van der Waals surface area contributed by atoms with E-state index < -0.39 is 0 Å². The number of H-pyrrole nitrogens is 1. The van der Waals surface area contributed by atoms with Crippen LogP contribution < -0.4 is 11.0 Å². The van der Waals surface area contributed by atoms with Gasteiger partial charge in [0.1, 0.15) is 22.6 Å². The Balaban J connectivity index is 0.000000103. The van der Waals surface area contributed by atoms with Crippen LogP contribution in [0.5, 0.6) is 0 Å². The maximum atomic E-state index is 12.3. The van der Waals surface area contributed by atoms with E-state index in [1.807, 2.05) is 68.4 Å². The van der Waals surface area contributed by atoms with E-state index in [-0.39, 0.29) is 28.4 Å². The Kier molecular flexibility index (Phi) is 7.11. The zero-order valence-electron chi connectivity index (χ0n) is 29.3. The standard InChI is InChI=1S/2C13H9N5O.C11H6N6O/c1-2-9-15-16-13-14-11-10(17-18(9)13)7-5-3-4-6-8(7)12(11)19;1-2-9-15-16-13-14-10-7-5-3-4-6-8(7)12(19)11(10)17-18(9)13;12-10-14-15-11-13-8-7(16-17(10)11)5-3-1-2-4-6(5)9(8)18/h2*3-6H,2H2,1H3;1-4,12,16H. The molecule has 0 radical (unpaired) electrons. The highest BCUT2D eigenvalue weighted by atomic mass is 16.1. The number of hydrogen-bond acceptors (Lipinski definition) is 15. The van der Waals surface area contributed by atoms with Crippen molar-refractivity contribution in [1.29, 1.82) is 5.41 Å². The van der Waals surface area contributed by atoms with Gasteiger partial charge in [-0.15, -0.1) is 30.6 Å². The molecule has 6 aromatic heterocycles. The first kappa shape index (κ1) is 32.6. The molecule has 2 aliphatic carbocycles. The number of benzene rings is 3. The highest BCUT2D eigenvalue weighted by Gasteiger charge is 2.32. The summed E-state index contributed by atoms with van der Waals surface area (Å²) in [4.78, 5) is 49.6. The second-order valence-electron chi connectivity index (χ2n) is 12.7. The molecule has 0 fully saturated rings. The lowest BCUT2D eigenvalue weighted by Crippen LogP contribution is -2.13. The topological polar surface area (TPSA) is 246 Å². The van der Waals surface area contributed by atoms with Crippen LogP contribution >= 0.6 is 0 Å². The van der Waals surface area contributed by atoms with Crippen molar-refractivity contribution in [3.8, 4) is 22.5 Å². The summed E-state index contributed by atoms with van der Waals surface area (Å²) in [6.07, 6.45) is 1.40. The lowest BCUT2D eigenvalue weighted by atomic mass is 10.1. The smallest absolute Gasteiger partial charge is 0.272 e. The Bertz CT molecular complexity index is 3400. The van der Waals surface area contributed by atoms with Crippen LogP contribution in [-0.2, 0) is 12.8 Å². The van der Waals surface area contributed by atoms with Gasteiger partial charge in [-0.3, -0.25) is 24.9 Å². The molecule has 2 N–H and O–H groups in total. The van der Waals surface area contributed by atoms with Crippen molar-refractivity contribution in [2.24, 2.45) is 0 Å². The predicted molar refractivity (Wildman–Crippen MR) is 197 cm³/mol. The fourth-order valence-electron chi connectivity index (χ4n) is 6.85. The predicted octanol–water partition coefficient (Wildman–Crippen LogP) is 2.62. The molecule has 0 aliphatic heterocycles. The summed E-state index contributed by atoms with van der Waals surface area (Å²) < 4.78 is 4.49. The van der Waals surface area contributed by atoms with E-state index in [2.05, 4.69) is 60.8 Å². The Morgan fingerprint density at radius 3 is 1.71 bits per heavy atom. The Labute approximate surface area is 311 Å². The van der Waals surface area contributed by atoms with Crippen molar-refractivity contribution in [3.05, 3.63) is 123 Å². The zero-order valence-corrected chi connectivity index (χ0v) is 29.3. The molecule has 0 atom stereocenters. The number of carbonyl (C=O) groups is 2. The average Bonchev–Trinajstić information content (AvgIpc) is 4.09. The number of rotatable bonds is 2. The van der Waals surface area contributed by atoms with Gasteiger partial charge in [0, 0.05) is 45.9 Å². The van der Waals surface area contributed by atoms with Gasteiger partial charge in [-0.25, -0.2) is 15.0 Å². The van der Waals surface area contributed by atoms with E-state index in [1.54, 1.807) is 27.2 Å². The monoisotopic (exact) mass is 740 g/mol. The normalized spacial score (nSPS) is 12.5. The molecule has 0 spiro atoms. The first-order valence-corrected chi connectivity index (χ1v) is 17.4. The van der Waals surface area contributed by atoms with Crippen molar-refractivity contribution in [2.45, 2.75) is 26.7 Å². The van der Waals surface area contributed by atoms with Crippen LogP contribution in [0.15, 0.2) is 77.6 Å². The van der Waals surface area contributed by atoms with Gasteiger partial charge in [-0.05, 0) is 0 Å². The van der Waals surface area contributed by atoms with Crippen molar-refractivity contribution < 1.29 is 9.59 Å². The van der Waals surface area contributed by atoms with E-state index >= 15 is 0 Å². The van der Waals surface area contributed by atoms with Crippen molar-refractivity contribution in [3.63, 3.8) is 0 Å². The van der Waals surface area contributed by atoms with Gasteiger partial charge in [0.25, 0.3) is 23.0 Å². The number of nitrogens with one attached hydrogen (secondary N) is 2. The number of ketones is 2. The lowest BCUT2D eigenvalue weighted by Gasteiger charge is -1.99. The number of fused-ring (bicyclic) bond motifs is 12. The number of aromatic amines is 1. The second kappa shape index (κ2) is 12.2. The molecule has 0 amide bonds. The highest BCUT2D eigenvalue weighted by molar-refractivity contribution is 6.20. The van der Waals surface area contributed by atoms with Gasteiger partial charge >= 0.3 is 0 Å². The number of aromatic nitrogens is 15. The summed E-state index contributed by atoms with van der Waals surface area (Å²) in [5, 5.41) is 44.1. The Morgan fingerprint density at radius 1 is 0.554 bits per heavy atom. The van der Waals surface area contributed by atoms with E-state index in [9.17, 15) is 14.4 Å². The van der Waals surface area contributed by atoms with Crippen LogP contribution in [0.4, 0.5) is 0 Å².